The number of carbonyl (C=O) groups is 1. The molecule has 0 bridgehead atoms. The van der Waals surface area contributed by atoms with Crippen LogP contribution in [-0.2, 0) is 15.8 Å². The summed E-state index contributed by atoms with van der Waals surface area (Å²) in [6.07, 6.45) is -0.656. The van der Waals surface area contributed by atoms with Crippen LogP contribution in [0.25, 0.3) is 11.3 Å². The summed E-state index contributed by atoms with van der Waals surface area (Å²) in [5.74, 6) is 0.106. The van der Waals surface area contributed by atoms with Gasteiger partial charge in [0.05, 0.1) is 24.3 Å². The predicted octanol–water partition coefficient (Wildman–Crippen LogP) is 3.26. The Hall–Kier alpha value is -2.71. The number of pyridine rings is 1. The van der Waals surface area contributed by atoms with Crippen LogP contribution in [0.2, 0.25) is 0 Å². The summed E-state index contributed by atoms with van der Waals surface area (Å²) in [4.78, 5) is 16.6. The van der Waals surface area contributed by atoms with Gasteiger partial charge in [-0.2, -0.15) is 0 Å². The molecule has 0 radical (unpaired) electrons. The molecule has 1 unspecified atom stereocenters. The van der Waals surface area contributed by atoms with E-state index >= 15 is 0 Å². The van der Waals surface area contributed by atoms with Gasteiger partial charge in [-0.15, -0.1) is 0 Å². The van der Waals surface area contributed by atoms with Crippen molar-refractivity contribution in [3.63, 3.8) is 0 Å². The lowest BCUT2D eigenvalue weighted by Crippen LogP contribution is -2.41. The zero-order valence-electron chi connectivity index (χ0n) is 18.5. The molecule has 0 fully saturated rings. The molecule has 3 rings (SSSR count). The minimum Gasteiger partial charge on any atom is -0.490 e. The van der Waals surface area contributed by atoms with E-state index < -0.39 is 22.7 Å². The van der Waals surface area contributed by atoms with Crippen LogP contribution < -0.4 is 10.1 Å². The average Bonchev–Trinajstić information content (AvgIpc) is 3.03. The molecule has 1 aliphatic heterocycles. The summed E-state index contributed by atoms with van der Waals surface area (Å²) in [7, 11) is 0. The SMILES string of the molecule is CC(C)(C)OC(=O)NCC(C)(O)c1cc2c(c(-c3ccc(F)cc3)n1)OC[C@]2(C)CO. The molecule has 168 valence electrons. The molecule has 0 aliphatic carbocycles. The molecule has 0 spiro atoms. The zero-order valence-corrected chi connectivity index (χ0v) is 18.5. The van der Waals surface area contributed by atoms with Crippen molar-refractivity contribution in [3.05, 3.63) is 47.4 Å². The number of aromatic nitrogens is 1. The summed E-state index contributed by atoms with van der Waals surface area (Å²) in [6.45, 7) is 8.56. The summed E-state index contributed by atoms with van der Waals surface area (Å²) < 4.78 is 24.5. The number of aliphatic hydroxyl groups excluding tert-OH is 1. The fraction of sp³-hybridized carbons (Fsp3) is 0.478. The first kappa shape index (κ1) is 23.0. The Bertz CT molecular complexity index is 969. The zero-order chi connectivity index (χ0) is 23.0. The van der Waals surface area contributed by atoms with Crippen molar-refractivity contribution in [1.82, 2.24) is 10.3 Å². The smallest absolute Gasteiger partial charge is 0.407 e. The number of aliphatic hydroxyl groups is 2. The molecule has 1 amide bonds. The van der Waals surface area contributed by atoms with E-state index in [1.807, 2.05) is 6.92 Å². The van der Waals surface area contributed by atoms with Gasteiger partial charge in [-0.05, 0) is 65.0 Å². The quantitative estimate of drug-likeness (QED) is 0.671. The number of halogens is 1. The Morgan fingerprint density at radius 3 is 2.52 bits per heavy atom. The molecule has 2 atom stereocenters. The topological polar surface area (TPSA) is 101 Å². The maximum atomic E-state index is 13.4. The normalized spacial score (nSPS) is 19.9. The number of fused-ring (bicyclic) bond motifs is 1. The standard InChI is InChI=1S/C23H29FN2O5/c1-21(2,3)31-20(28)25-11-23(5,29)17-10-16-19(30-13-22(16,4)12-27)18(26-17)14-6-8-15(24)9-7-14/h6-10,27,29H,11-13H2,1-5H3,(H,25,28)/t22-,23?/m0/s1. The van der Waals surface area contributed by atoms with Gasteiger partial charge in [-0.25, -0.2) is 14.2 Å². The van der Waals surface area contributed by atoms with Crippen LogP contribution in [0.3, 0.4) is 0 Å². The van der Waals surface area contributed by atoms with E-state index in [9.17, 15) is 19.4 Å². The van der Waals surface area contributed by atoms with Gasteiger partial charge in [-0.3, -0.25) is 0 Å². The van der Waals surface area contributed by atoms with Crippen molar-refractivity contribution < 1.29 is 28.9 Å². The van der Waals surface area contributed by atoms with Crippen LogP contribution >= 0.6 is 0 Å². The fourth-order valence-corrected chi connectivity index (χ4v) is 3.30. The summed E-state index contributed by atoms with van der Waals surface area (Å²) in [5.41, 5.74) is -0.878. The number of amides is 1. The third kappa shape index (κ3) is 4.97. The van der Waals surface area contributed by atoms with E-state index in [1.54, 1.807) is 39.0 Å². The minimum atomic E-state index is -1.54. The number of carbonyl (C=O) groups excluding carboxylic acids is 1. The molecule has 31 heavy (non-hydrogen) atoms. The molecule has 8 heteroatoms. The van der Waals surface area contributed by atoms with Crippen LogP contribution in [-0.4, -0.2) is 46.6 Å². The second-order valence-corrected chi connectivity index (χ2v) is 9.38. The van der Waals surface area contributed by atoms with Crippen molar-refractivity contribution in [2.45, 2.75) is 51.2 Å². The minimum absolute atomic E-state index is 0.146. The molecule has 1 aromatic heterocycles. The number of ether oxygens (including phenoxy) is 2. The highest BCUT2D eigenvalue weighted by Crippen LogP contribution is 2.45. The second kappa shape index (κ2) is 8.09. The van der Waals surface area contributed by atoms with Crippen LogP contribution in [0, 0.1) is 5.82 Å². The van der Waals surface area contributed by atoms with Crippen LogP contribution in [0.4, 0.5) is 9.18 Å². The molecule has 2 aromatic rings. The maximum absolute atomic E-state index is 13.4. The lowest BCUT2D eigenvalue weighted by Gasteiger charge is -2.27. The maximum Gasteiger partial charge on any atom is 0.407 e. The van der Waals surface area contributed by atoms with Crippen molar-refractivity contribution in [2.24, 2.45) is 0 Å². The van der Waals surface area contributed by atoms with Crippen LogP contribution in [0.1, 0.15) is 45.9 Å². The molecule has 1 aliphatic rings. The number of alkyl carbamates (subject to hydrolysis) is 1. The molecule has 7 nitrogen and oxygen atoms in total. The molecular formula is C23H29FN2O5. The highest BCUT2D eigenvalue weighted by atomic mass is 19.1. The first-order valence-electron chi connectivity index (χ1n) is 10.1. The lowest BCUT2D eigenvalue weighted by molar-refractivity contribution is 0.0297. The summed E-state index contributed by atoms with van der Waals surface area (Å²) in [6, 6.07) is 7.47. The van der Waals surface area contributed by atoms with Gasteiger partial charge in [0.2, 0.25) is 0 Å². The molecule has 0 saturated carbocycles. The molecular weight excluding hydrogens is 403 g/mol. The van der Waals surface area contributed by atoms with Crippen LogP contribution in [0.15, 0.2) is 30.3 Å². The fourth-order valence-electron chi connectivity index (χ4n) is 3.30. The first-order valence-corrected chi connectivity index (χ1v) is 10.1. The Morgan fingerprint density at radius 2 is 1.94 bits per heavy atom. The molecule has 1 aromatic carbocycles. The van der Waals surface area contributed by atoms with Gasteiger partial charge < -0.3 is 25.0 Å². The van der Waals surface area contributed by atoms with Crippen molar-refractivity contribution in [3.8, 4) is 17.0 Å². The third-order valence-electron chi connectivity index (χ3n) is 5.15. The number of nitrogens with one attached hydrogen (secondary N) is 1. The Balaban J connectivity index is 2.00. The van der Waals surface area contributed by atoms with Gasteiger partial charge >= 0.3 is 6.09 Å². The largest absolute Gasteiger partial charge is 0.490 e. The Morgan fingerprint density at radius 1 is 1.29 bits per heavy atom. The highest BCUT2D eigenvalue weighted by Gasteiger charge is 2.40. The molecule has 3 N–H and O–H groups in total. The molecule has 0 saturated heterocycles. The van der Waals surface area contributed by atoms with Gasteiger partial charge in [0, 0.05) is 11.1 Å². The van der Waals surface area contributed by atoms with Gasteiger partial charge in [0.25, 0.3) is 0 Å². The van der Waals surface area contributed by atoms with Gasteiger partial charge in [0.1, 0.15) is 35.1 Å². The van der Waals surface area contributed by atoms with E-state index in [0.29, 0.717) is 22.6 Å². The van der Waals surface area contributed by atoms with Crippen molar-refractivity contribution in [2.75, 3.05) is 19.8 Å². The number of hydrogen-bond acceptors (Lipinski definition) is 6. The Labute approximate surface area is 181 Å². The van der Waals surface area contributed by atoms with Crippen LogP contribution in [0.5, 0.6) is 5.75 Å². The first-order chi connectivity index (χ1) is 14.3. The average molecular weight is 432 g/mol. The second-order valence-electron chi connectivity index (χ2n) is 9.38. The summed E-state index contributed by atoms with van der Waals surface area (Å²) in [5, 5.41) is 23.7. The number of rotatable bonds is 5. The van der Waals surface area contributed by atoms with E-state index in [0.717, 1.165) is 0 Å². The number of nitrogens with zero attached hydrogens (tertiary/aromatic N) is 1. The number of hydrogen-bond donors (Lipinski definition) is 3. The summed E-state index contributed by atoms with van der Waals surface area (Å²) >= 11 is 0. The Kier molecular flexibility index (Phi) is 5.99. The van der Waals surface area contributed by atoms with E-state index in [4.69, 9.17) is 9.47 Å². The van der Waals surface area contributed by atoms with E-state index in [-0.39, 0.29) is 31.3 Å². The number of benzene rings is 1. The van der Waals surface area contributed by atoms with Gasteiger partial charge in [-0.1, -0.05) is 0 Å². The highest BCUT2D eigenvalue weighted by molar-refractivity contribution is 5.71. The van der Waals surface area contributed by atoms with Crippen molar-refractivity contribution in [1.29, 1.82) is 0 Å². The van der Waals surface area contributed by atoms with Crippen molar-refractivity contribution >= 4 is 6.09 Å². The predicted molar refractivity (Wildman–Crippen MR) is 113 cm³/mol. The third-order valence-corrected chi connectivity index (χ3v) is 5.15. The van der Waals surface area contributed by atoms with E-state index in [2.05, 4.69) is 10.3 Å². The molecule has 2 heterocycles. The monoisotopic (exact) mass is 432 g/mol. The van der Waals surface area contributed by atoms with E-state index in [1.165, 1.54) is 19.1 Å². The van der Waals surface area contributed by atoms with Gasteiger partial charge in [0.15, 0.2) is 0 Å². The lowest BCUT2D eigenvalue weighted by atomic mass is 9.83.